The van der Waals surface area contributed by atoms with Crippen LogP contribution in [0.1, 0.15) is 22.3 Å². The number of nitrogens with zero attached hydrogens (tertiary/aromatic N) is 1. The van der Waals surface area contributed by atoms with Crippen molar-refractivity contribution in [3.63, 3.8) is 0 Å². The van der Waals surface area contributed by atoms with E-state index in [0.29, 0.717) is 31.0 Å². The van der Waals surface area contributed by atoms with Crippen LogP contribution in [0.4, 0.5) is 0 Å². The molecule has 0 saturated heterocycles. The molecule has 6 nitrogen and oxygen atoms in total. The lowest BCUT2D eigenvalue weighted by Crippen LogP contribution is -2.39. The molecular weight excluding hydrogens is 334 g/mol. The molecule has 3 aliphatic heterocycles. The lowest BCUT2D eigenvalue weighted by Gasteiger charge is -2.39. The highest BCUT2D eigenvalue weighted by atomic mass is 16.7. The monoisotopic (exact) mass is 353 g/mol. The van der Waals surface area contributed by atoms with Crippen LogP contribution in [-0.2, 0) is 13.0 Å². The van der Waals surface area contributed by atoms with Crippen molar-refractivity contribution in [2.24, 2.45) is 0 Å². The molecule has 0 fully saturated rings. The van der Waals surface area contributed by atoms with Gasteiger partial charge in [0.15, 0.2) is 23.0 Å². The Hall–Kier alpha value is -2.70. The van der Waals surface area contributed by atoms with Gasteiger partial charge in [-0.1, -0.05) is 18.2 Å². The maximum Gasteiger partial charge on any atom is 0.231 e. The standard InChI is InChI=1S/C20H19NO5/c1-21(22)7-6-15-9-19-18(24-11-25-19)8-14(15)3-2-13-4-5-17-20(16(13)10-21)26-12-23-17/h2-5,8-9H,6-7,10-12H2,1H3/b3-2+. The van der Waals surface area contributed by atoms with Crippen LogP contribution in [0.3, 0.4) is 0 Å². The van der Waals surface area contributed by atoms with Crippen LogP contribution in [0.5, 0.6) is 23.0 Å². The van der Waals surface area contributed by atoms with Crippen molar-refractivity contribution < 1.29 is 23.6 Å². The van der Waals surface area contributed by atoms with Gasteiger partial charge < -0.3 is 28.8 Å². The largest absolute Gasteiger partial charge is 0.633 e. The summed E-state index contributed by atoms with van der Waals surface area (Å²) in [5, 5.41) is 13.1. The molecule has 1 atom stereocenters. The third kappa shape index (κ3) is 2.58. The van der Waals surface area contributed by atoms with E-state index in [-0.39, 0.29) is 18.2 Å². The normalized spacial score (nSPS) is 23.9. The van der Waals surface area contributed by atoms with Gasteiger partial charge in [0.25, 0.3) is 0 Å². The van der Waals surface area contributed by atoms with Crippen molar-refractivity contribution in [3.05, 3.63) is 51.7 Å². The number of rotatable bonds is 0. The first kappa shape index (κ1) is 15.5. The first-order chi connectivity index (χ1) is 12.6. The van der Waals surface area contributed by atoms with Crippen LogP contribution in [0, 0.1) is 5.21 Å². The third-order valence-electron chi connectivity index (χ3n) is 5.10. The zero-order chi connectivity index (χ0) is 17.7. The van der Waals surface area contributed by atoms with E-state index in [2.05, 4.69) is 6.08 Å². The number of ether oxygens (including phenoxy) is 4. The fourth-order valence-corrected chi connectivity index (χ4v) is 3.69. The lowest BCUT2D eigenvalue weighted by atomic mass is 9.98. The molecule has 0 amide bonds. The van der Waals surface area contributed by atoms with Gasteiger partial charge in [-0.15, -0.1) is 0 Å². The molecule has 6 heteroatoms. The minimum atomic E-state index is -0.380. The Morgan fingerprint density at radius 2 is 1.62 bits per heavy atom. The summed E-state index contributed by atoms with van der Waals surface area (Å²) in [7, 11) is 1.71. The predicted octanol–water partition coefficient (Wildman–Crippen LogP) is 3.31. The second-order valence-corrected chi connectivity index (χ2v) is 7.03. The van der Waals surface area contributed by atoms with Gasteiger partial charge in [0.05, 0.1) is 19.2 Å². The Balaban J connectivity index is 1.66. The number of hydrogen-bond acceptors (Lipinski definition) is 5. The van der Waals surface area contributed by atoms with Gasteiger partial charge in [0.2, 0.25) is 13.6 Å². The van der Waals surface area contributed by atoms with Crippen LogP contribution in [0.2, 0.25) is 0 Å². The fraction of sp³-hybridized carbons (Fsp3) is 0.300. The van der Waals surface area contributed by atoms with Gasteiger partial charge in [0.1, 0.15) is 6.54 Å². The number of fused-ring (bicyclic) bond motifs is 5. The number of hydrogen-bond donors (Lipinski definition) is 0. The Morgan fingerprint density at radius 3 is 2.50 bits per heavy atom. The predicted molar refractivity (Wildman–Crippen MR) is 95.9 cm³/mol. The van der Waals surface area contributed by atoms with Gasteiger partial charge in [-0.05, 0) is 34.9 Å². The molecule has 2 aromatic rings. The zero-order valence-electron chi connectivity index (χ0n) is 14.5. The second-order valence-electron chi connectivity index (χ2n) is 7.03. The summed E-state index contributed by atoms with van der Waals surface area (Å²) < 4.78 is 21.7. The van der Waals surface area contributed by atoms with Gasteiger partial charge >= 0.3 is 0 Å². The summed E-state index contributed by atoms with van der Waals surface area (Å²) >= 11 is 0. The van der Waals surface area contributed by atoms with E-state index in [1.165, 1.54) is 0 Å². The number of hydroxylamine groups is 3. The summed E-state index contributed by atoms with van der Waals surface area (Å²) in [6.45, 7) is 1.24. The van der Waals surface area contributed by atoms with Crippen molar-refractivity contribution in [3.8, 4) is 23.0 Å². The summed E-state index contributed by atoms with van der Waals surface area (Å²) in [5.74, 6) is 2.89. The van der Waals surface area contributed by atoms with Crippen molar-refractivity contribution in [1.82, 2.24) is 0 Å². The maximum atomic E-state index is 13.1. The second kappa shape index (κ2) is 5.65. The van der Waals surface area contributed by atoms with E-state index in [9.17, 15) is 5.21 Å². The molecule has 1 unspecified atom stereocenters. The maximum absolute atomic E-state index is 13.1. The number of likely N-dealkylation sites (N-methyl/N-ethyl adjacent to an activating group) is 1. The van der Waals surface area contributed by atoms with E-state index in [4.69, 9.17) is 18.9 Å². The SMILES string of the molecule is C[N+]1([O-])CCc2cc3c(cc2/C=C/c2ccc4c(c2C1)OCO4)OCO3. The zero-order valence-corrected chi connectivity index (χ0v) is 14.5. The van der Waals surface area contributed by atoms with Crippen LogP contribution in [0.15, 0.2) is 24.3 Å². The summed E-state index contributed by atoms with van der Waals surface area (Å²) in [6, 6.07) is 7.85. The molecule has 2 aromatic carbocycles. The average molecular weight is 353 g/mol. The number of benzene rings is 2. The van der Waals surface area contributed by atoms with Crippen molar-refractivity contribution in [2.75, 3.05) is 27.2 Å². The highest BCUT2D eigenvalue weighted by Gasteiger charge is 2.26. The van der Waals surface area contributed by atoms with E-state index >= 15 is 0 Å². The van der Waals surface area contributed by atoms with Crippen molar-refractivity contribution in [1.29, 1.82) is 0 Å². The minimum Gasteiger partial charge on any atom is -0.633 e. The lowest BCUT2D eigenvalue weighted by molar-refractivity contribution is -0.874. The molecular formula is C20H19NO5. The van der Waals surface area contributed by atoms with E-state index in [1.807, 2.05) is 30.3 Å². The molecule has 0 saturated carbocycles. The van der Waals surface area contributed by atoms with Crippen molar-refractivity contribution >= 4 is 12.2 Å². The molecule has 0 bridgehead atoms. The van der Waals surface area contributed by atoms with Gasteiger partial charge in [-0.2, -0.15) is 0 Å². The van der Waals surface area contributed by atoms with Gasteiger partial charge in [-0.25, -0.2) is 0 Å². The molecule has 3 heterocycles. The smallest absolute Gasteiger partial charge is 0.231 e. The summed E-state index contributed by atoms with van der Waals surface area (Å²) in [6.07, 6.45) is 4.76. The number of quaternary nitrogens is 1. The first-order valence-corrected chi connectivity index (χ1v) is 8.67. The van der Waals surface area contributed by atoms with Crippen molar-refractivity contribution in [2.45, 2.75) is 13.0 Å². The Bertz CT molecular complexity index is 919. The Morgan fingerprint density at radius 1 is 0.885 bits per heavy atom. The highest BCUT2D eigenvalue weighted by Crippen LogP contribution is 2.41. The first-order valence-electron chi connectivity index (χ1n) is 8.67. The summed E-state index contributed by atoms with van der Waals surface area (Å²) in [4.78, 5) is 0. The molecule has 0 radical (unpaired) electrons. The molecule has 26 heavy (non-hydrogen) atoms. The van der Waals surface area contributed by atoms with Crippen LogP contribution < -0.4 is 18.9 Å². The molecule has 5 rings (SSSR count). The quantitative estimate of drug-likeness (QED) is 0.537. The van der Waals surface area contributed by atoms with Gasteiger partial charge in [-0.3, -0.25) is 0 Å². The Labute approximate surface area is 151 Å². The van der Waals surface area contributed by atoms with Gasteiger partial charge in [0, 0.05) is 6.42 Å². The molecule has 0 aliphatic carbocycles. The molecule has 0 aromatic heterocycles. The Kier molecular flexibility index (Phi) is 3.38. The van der Waals surface area contributed by atoms with E-state index in [0.717, 1.165) is 33.8 Å². The molecule has 134 valence electrons. The molecule has 0 spiro atoms. The fourth-order valence-electron chi connectivity index (χ4n) is 3.69. The van der Waals surface area contributed by atoms with Crippen LogP contribution >= 0.6 is 0 Å². The minimum absolute atomic E-state index is 0.199. The average Bonchev–Trinajstić information content (AvgIpc) is 3.26. The van der Waals surface area contributed by atoms with E-state index in [1.54, 1.807) is 7.05 Å². The third-order valence-corrected chi connectivity index (χ3v) is 5.10. The van der Waals surface area contributed by atoms with Crippen LogP contribution in [0.25, 0.3) is 12.2 Å². The van der Waals surface area contributed by atoms with E-state index < -0.39 is 0 Å². The summed E-state index contributed by atoms with van der Waals surface area (Å²) in [5.41, 5.74) is 4.01. The topological polar surface area (TPSA) is 60.0 Å². The molecule has 0 N–H and O–H groups in total. The highest BCUT2D eigenvalue weighted by molar-refractivity contribution is 5.76. The molecule has 3 aliphatic rings. The van der Waals surface area contributed by atoms with Crippen LogP contribution in [-0.4, -0.2) is 31.8 Å².